The van der Waals surface area contributed by atoms with Crippen LogP contribution in [-0.2, 0) is 11.3 Å². The van der Waals surface area contributed by atoms with Gasteiger partial charge in [0.15, 0.2) is 0 Å². The minimum absolute atomic E-state index is 0.0905. The molecule has 0 aliphatic carbocycles. The first-order chi connectivity index (χ1) is 9.69. The topological polar surface area (TPSA) is 72.7 Å². The van der Waals surface area contributed by atoms with Crippen molar-refractivity contribution in [3.63, 3.8) is 0 Å². The first-order valence-electron chi connectivity index (χ1n) is 6.49. The fourth-order valence-corrected chi connectivity index (χ4v) is 1.88. The monoisotopic (exact) mass is 337 g/mol. The molecule has 1 amide bonds. The number of carbonyl (C=O) groups is 1. The summed E-state index contributed by atoms with van der Waals surface area (Å²) in [4.78, 5) is 12.9. The summed E-state index contributed by atoms with van der Waals surface area (Å²) in [6, 6.07) is 7.61. The Bertz CT molecular complexity index is 566. The van der Waals surface area contributed by atoms with E-state index in [1.165, 1.54) is 4.80 Å². The van der Waals surface area contributed by atoms with Crippen LogP contribution < -0.4 is 5.32 Å². The number of nitrogens with zero attached hydrogens (tertiary/aromatic N) is 4. The molecule has 0 saturated carbocycles. The van der Waals surface area contributed by atoms with E-state index in [1.54, 1.807) is 0 Å². The van der Waals surface area contributed by atoms with Gasteiger partial charge in [0.1, 0.15) is 6.54 Å². The van der Waals surface area contributed by atoms with Crippen LogP contribution in [0.15, 0.2) is 28.7 Å². The molecule has 106 valence electrons. The second kappa shape index (κ2) is 7.14. The van der Waals surface area contributed by atoms with Gasteiger partial charge in [0, 0.05) is 16.6 Å². The zero-order valence-electron chi connectivity index (χ0n) is 11.2. The Morgan fingerprint density at radius 2 is 2.10 bits per heavy atom. The van der Waals surface area contributed by atoms with Crippen LogP contribution in [0, 0.1) is 0 Å². The van der Waals surface area contributed by atoms with E-state index in [0.29, 0.717) is 12.4 Å². The third-order valence-electron chi connectivity index (χ3n) is 2.69. The molecule has 0 aliphatic heterocycles. The van der Waals surface area contributed by atoms with Gasteiger partial charge in [-0.1, -0.05) is 29.3 Å². The number of benzene rings is 1. The van der Waals surface area contributed by atoms with Gasteiger partial charge in [-0.05, 0) is 35.9 Å². The smallest absolute Gasteiger partial charge is 0.243 e. The molecular formula is C13H16BrN5O. The van der Waals surface area contributed by atoms with Crippen molar-refractivity contribution >= 4 is 21.8 Å². The largest absolute Gasteiger partial charge is 0.354 e. The SMILES string of the molecule is CCCCNC(=O)Cn1nnc(-c2ccc(Br)cc2)n1. The molecule has 1 N–H and O–H groups in total. The van der Waals surface area contributed by atoms with E-state index in [2.05, 4.69) is 43.6 Å². The van der Waals surface area contributed by atoms with Gasteiger partial charge >= 0.3 is 0 Å². The van der Waals surface area contributed by atoms with E-state index in [9.17, 15) is 4.79 Å². The van der Waals surface area contributed by atoms with Crippen molar-refractivity contribution in [2.24, 2.45) is 0 Å². The summed E-state index contributed by atoms with van der Waals surface area (Å²) in [5.74, 6) is 0.414. The van der Waals surface area contributed by atoms with Crippen LogP contribution in [0.3, 0.4) is 0 Å². The van der Waals surface area contributed by atoms with E-state index in [-0.39, 0.29) is 12.5 Å². The van der Waals surface area contributed by atoms with Gasteiger partial charge in [-0.15, -0.1) is 10.2 Å². The normalized spacial score (nSPS) is 10.5. The highest BCUT2D eigenvalue weighted by Crippen LogP contribution is 2.17. The van der Waals surface area contributed by atoms with Crippen molar-refractivity contribution < 1.29 is 4.79 Å². The number of rotatable bonds is 6. The highest BCUT2D eigenvalue weighted by atomic mass is 79.9. The van der Waals surface area contributed by atoms with Crippen molar-refractivity contribution in [3.8, 4) is 11.4 Å². The predicted octanol–water partition coefficient (Wildman–Crippen LogP) is 2.02. The number of carbonyl (C=O) groups excluding carboxylic acids is 1. The van der Waals surface area contributed by atoms with Crippen molar-refractivity contribution in [2.45, 2.75) is 26.3 Å². The summed E-state index contributed by atoms with van der Waals surface area (Å²) in [6.45, 7) is 2.85. The second-order valence-electron chi connectivity index (χ2n) is 4.35. The number of aromatic nitrogens is 4. The minimum atomic E-state index is -0.0989. The highest BCUT2D eigenvalue weighted by molar-refractivity contribution is 9.10. The predicted molar refractivity (Wildman–Crippen MR) is 78.9 cm³/mol. The maximum Gasteiger partial charge on any atom is 0.243 e. The molecule has 1 aromatic heterocycles. The maximum absolute atomic E-state index is 11.6. The van der Waals surface area contributed by atoms with E-state index in [0.717, 1.165) is 22.9 Å². The first kappa shape index (κ1) is 14.6. The molecule has 0 fully saturated rings. The number of hydrogen-bond acceptors (Lipinski definition) is 4. The lowest BCUT2D eigenvalue weighted by Gasteiger charge is -2.02. The molecule has 2 rings (SSSR count). The third-order valence-corrected chi connectivity index (χ3v) is 3.22. The van der Waals surface area contributed by atoms with E-state index < -0.39 is 0 Å². The van der Waals surface area contributed by atoms with Gasteiger partial charge in [-0.3, -0.25) is 4.79 Å². The van der Waals surface area contributed by atoms with Gasteiger partial charge in [0.25, 0.3) is 0 Å². The average molecular weight is 338 g/mol. The lowest BCUT2D eigenvalue weighted by Crippen LogP contribution is -2.29. The van der Waals surface area contributed by atoms with E-state index >= 15 is 0 Å². The zero-order valence-corrected chi connectivity index (χ0v) is 12.8. The summed E-state index contributed by atoms with van der Waals surface area (Å²) in [5, 5.41) is 14.8. The Hall–Kier alpha value is -1.76. The molecule has 0 atom stereocenters. The molecule has 7 heteroatoms. The Labute approximate surface area is 125 Å². The lowest BCUT2D eigenvalue weighted by molar-refractivity contribution is -0.122. The molecule has 1 heterocycles. The quantitative estimate of drug-likeness (QED) is 0.818. The summed E-state index contributed by atoms with van der Waals surface area (Å²) in [7, 11) is 0. The number of nitrogens with one attached hydrogen (secondary N) is 1. The fourth-order valence-electron chi connectivity index (χ4n) is 1.61. The molecule has 0 aliphatic rings. The molecule has 0 bridgehead atoms. The maximum atomic E-state index is 11.6. The molecular weight excluding hydrogens is 322 g/mol. The Kier molecular flexibility index (Phi) is 5.23. The zero-order chi connectivity index (χ0) is 14.4. The summed E-state index contributed by atoms with van der Waals surface area (Å²) >= 11 is 3.37. The van der Waals surface area contributed by atoms with Crippen LogP contribution in [0.4, 0.5) is 0 Å². The van der Waals surface area contributed by atoms with Crippen molar-refractivity contribution in [3.05, 3.63) is 28.7 Å². The van der Waals surface area contributed by atoms with Gasteiger partial charge in [0.05, 0.1) is 0 Å². The van der Waals surface area contributed by atoms with E-state index in [4.69, 9.17) is 0 Å². The average Bonchev–Trinajstić information content (AvgIpc) is 2.88. The minimum Gasteiger partial charge on any atom is -0.354 e. The third kappa shape index (κ3) is 4.12. The number of tetrazole rings is 1. The molecule has 0 unspecified atom stereocenters. The second-order valence-corrected chi connectivity index (χ2v) is 5.27. The first-order valence-corrected chi connectivity index (χ1v) is 7.29. The number of amides is 1. The molecule has 6 nitrogen and oxygen atoms in total. The summed E-state index contributed by atoms with van der Waals surface area (Å²) < 4.78 is 0.990. The van der Waals surface area contributed by atoms with Crippen LogP contribution in [0.25, 0.3) is 11.4 Å². The van der Waals surface area contributed by atoms with Crippen LogP contribution in [0.2, 0.25) is 0 Å². The molecule has 0 radical (unpaired) electrons. The number of unbranched alkanes of at least 4 members (excludes halogenated alkanes) is 1. The van der Waals surface area contributed by atoms with Gasteiger partial charge in [0.2, 0.25) is 11.7 Å². The Morgan fingerprint density at radius 3 is 2.80 bits per heavy atom. The number of halogens is 1. The molecule has 1 aromatic carbocycles. The molecule has 0 spiro atoms. The Morgan fingerprint density at radius 1 is 1.35 bits per heavy atom. The van der Waals surface area contributed by atoms with Crippen LogP contribution in [-0.4, -0.2) is 32.7 Å². The standard InChI is InChI=1S/C13H16BrN5O/c1-2-3-8-15-12(20)9-19-17-13(16-18-19)10-4-6-11(14)7-5-10/h4-7H,2-3,8-9H2,1H3,(H,15,20). The van der Waals surface area contributed by atoms with Crippen molar-refractivity contribution in [2.75, 3.05) is 6.54 Å². The van der Waals surface area contributed by atoms with Gasteiger partial charge in [-0.25, -0.2) is 0 Å². The molecule has 20 heavy (non-hydrogen) atoms. The van der Waals surface area contributed by atoms with Crippen LogP contribution in [0.5, 0.6) is 0 Å². The lowest BCUT2D eigenvalue weighted by atomic mass is 10.2. The van der Waals surface area contributed by atoms with Crippen LogP contribution >= 0.6 is 15.9 Å². The van der Waals surface area contributed by atoms with Crippen molar-refractivity contribution in [1.29, 1.82) is 0 Å². The van der Waals surface area contributed by atoms with Gasteiger partial charge < -0.3 is 5.32 Å². The van der Waals surface area contributed by atoms with Crippen LogP contribution in [0.1, 0.15) is 19.8 Å². The van der Waals surface area contributed by atoms with E-state index in [1.807, 2.05) is 24.3 Å². The summed E-state index contributed by atoms with van der Waals surface area (Å²) in [5.41, 5.74) is 0.867. The molecule has 0 saturated heterocycles. The summed E-state index contributed by atoms with van der Waals surface area (Å²) in [6.07, 6.45) is 2.02. The number of hydrogen-bond donors (Lipinski definition) is 1. The molecule has 2 aromatic rings. The van der Waals surface area contributed by atoms with Crippen molar-refractivity contribution in [1.82, 2.24) is 25.5 Å². The Balaban J connectivity index is 1.95. The van der Waals surface area contributed by atoms with Gasteiger partial charge in [-0.2, -0.15) is 4.80 Å². The fraction of sp³-hybridized carbons (Fsp3) is 0.385. The highest BCUT2D eigenvalue weighted by Gasteiger charge is 2.08.